The minimum Gasteiger partial charge on any atom is -0.493 e. The molecule has 23 heavy (non-hydrogen) atoms. The van der Waals surface area contributed by atoms with E-state index in [0.29, 0.717) is 30.2 Å². The lowest BCUT2D eigenvalue weighted by Gasteiger charge is -2.10. The van der Waals surface area contributed by atoms with Crippen molar-refractivity contribution >= 4 is 17.6 Å². The van der Waals surface area contributed by atoms with Gasteiger partial charge in [0.2, 0.25) is 5.91 Å². The fourth-order valence-electron chi connectivity index (χ4n) is 1.84. The van der Waals surface area contributed by atoms with E-state index in [2.05, 4.69) is 10.6 Å². The first-order valence-electron chi connectivity index (χ1n) is 7.24. The van der Waals surface area contributed by atoms with Crippen LogP contribution in [-0.4, -0.2) is 44.9 Å². The van der Waals surface area contributed by atoms with E-state index in [1.165, 1.54) is 21.1 Å². The highest BCUT2D eigenvalue weighted by Gasteiger charge is 2.10. The summed E-state index contributed by atoms with van der Waals surface area (Å²) < 4.78 is 10.2. The van der Waals surface area contributed by atoms with Crippen molar-refractivity contribution in [2.45, 2.75) is 19.8 Å². The van der Waals surface area contributed by atoms with Crippen LogP contribution in [0.3, 0.4) is 0 Å². The molecule has 2 amide bonds. The van der Waals surface area contributed by atoms with Crippen LogP contribution < -0.4 is 20.1 Å². The standard InChI is InChI=1S/C16H22N2O5/c1-11(19)4-7-15(20)17-8-9-18-16(21)12-5-6-13(22-2)14(10-12)23-3/h5-6,10H,4,7-9H2,1-3H3,(H,17,20)(H,18,21). The second-order valence-corrected chi connectivity index (χ2v) is 4.88. The zero-order chi connectivity index (χ0) is 17.2. The molecule has 7 heteroatoms. The first-order chi connectivity index (χ1) is 11.0. The Morgan fingerprint density at radius 2 is 1.61 bits per heavy atom. The number of ketones is 1. The number of ether oxygens (including phenoxy) is 2. The van der Waals surface area contributed by atoms with Gasteiger partial charge in [0.25, 0.3) is 5.91 Å². The van der Waals surface area contributed by atoms with Gasteiger partial charge in [0.05, 0.1) is 14.2 Å². The Kier molecular flexibility index (Phi) is 7.59. The van der Waals surface area contributed by atoms with Gasteiger partial charge in [0, 0.05) is 31.5 Å². The third-order valence-electron chi connectivity index (χ3n) is 3.08. The summed E-state index contributed by atoms with van der Waals surface area (Å²) in [6.45, 7) is 2.03. The van der Waals surface area contributed by atoms with Crippen LogP contribution in [0.1, 0.15) is 30.1 Å². The second-order valence-electron chi connectivity index (χ2n) is 4.88. The van der Waals surface area contributed by atoms with Crippen molar-refractivity contribution in [3.05, 3.63) is 23.8 Å². The lowest BCUT2D eigenvalue weighted by atomic mass is 10.2. The van der Waals surface area contributed by atoms with Crippen molar-refractivity contribution in [2.75, 3.05) is 27.3 Å². The summed E-state index contributed by atoms with van der Waals surface area (Å²) in [5.41, 5.74) is 0.436. The molecule has 0 bridgehead atoms. The zero-order valence-corrected chi connectivity index (χ0v) is 13.6. The topological polar surface area (TPSA) is 93.7 Å². The molecule has 0 saturated heterocycles. The van der Waals surface area contributed by atoms with E-state index in [-0.39, 0.29) is 30.4 Å². The van der Waals surface area contributed by atoms with Crippen molar-refractivity contribution in [1.29, 1.82) is 0 Å². The molecule has 0 atom stereocenters. The van der Waals surface area contributed by atoms with E-state index in [0.717, 1.165) is 0 Å². The summed E-state index contributed by atoms with van der Waals surface area (Å²) in [7, 11) is 3.02. The lowest BCUT2D eigenvalue weighted by molar-refractivity contribution is -0.124. The number of benzene rings is 1. The number of hydrogen-bond donors (Lipinski definition) is 2. The second kappa shape index (κ2) is 9.45. The number of rotatable bonds is 9. The molecule has 0 aliphatic carbocycles. The Morgan fingerprint density at radius 1 is 0.957 bits per heavy atom. The van der Waals surface area contributed by atoms with Gasteiger partial charge in [0.1, 0.15) is 5.78 Å². The van der Waals surface area contributed by atoms with Crippen LogP contribution in [0.5, 0.6) is 11.5 Å². The van der Waals surface area contributed by atoms with Crippen LogP contribution in [0.25, 0.3) is 0 Å². The molecule has 0 unspecified atom stereocenters. The molecule has 0 aliphatic rings. The van der Waals surface area contributed by atoms with Crippen LogP contribution in [0.4, 0.5) is 0 Å². The van der Waals surface area contributed by atoms with Gasteiger partial charge in [-0.3, -0.25) is 9.59 Å². The van der Waals surface area contributed by atoms with Crippen LogP contribution in [0.2, 0.25) is 0 Å². The Morgan fingerprint density at radius 3 is 2.22 bits per heavy atom. The van der Waals surface area contributed by atoms with Crippen LogP contribution in [0.15, 0.2) is 18.2 Å². The lowest BCUT2D eigenvalue weighted by Crippen LogP contribution is -2.34. The minimum atomic E-state index is -0.274. The number of carbonyl (C=O) groups excluding carboxylic acids is 3. The third kappa shape index (κ3) is 6.37. The molecule has 0 aliphatic heterocycles. The maximum atomic E-state index is 12.0. The van der Waals surface area contributed by atoms with E-state index in [4.69, 9.17) is 9.47 Å². The van der Waals surface area contributed by atoms with Crippen LogP contribution in [-0.2, 0) is 9.59 Å². The highest BCUT2D eigenvalue weighted by molar-refractivity contribution is 5.94. The average molecular weight is 322 g/mol. The van der Waals surface area contributed by atoms with Gasteiger partial charge in [-0.25, -0.2) is 0 Å². The maximum Gasteiger partial charge on any atom is 0.251 e. The van der Waals surface area contributed by atoms with Gasteiger partial charge < -0.3 is 24.9 Å². The highest BCUT2D eigenvalue weighted by Crippen LogP contribution is 2.27. The first-order valence-corrected chi connectivity index (χ1v) is 7.24. The molecule has 1 aromatic rings. The monoisotopic (exact) mass is 322 g/mol. The summed E-state index contributed by atoms with van der Waals surface area (Å²) >= 11 is 0. The smallest absolute Gasteiger partial charge is 0.251 e. The molecule has 126 valence electrons. The number of nitrogens with one attached hydrogen (secondary N) is 2. The predicted molar refractivity (Wildman–Crippen MR) is 84.8 cm³/mol. The number of hydrogen-bond acceptors (Lipinski definition) is 5. The average Bonchev–Trinajstić information content (AvgIpc) is 2.55. The number of Topliss-reactive ketones (excluding diaryl/α,β-unsaturated/α-hetero) is 1. The molecule has 0 aromatic heterocycles. The highest BCUT2D eigenvalue weighted by atomic mass is 16.5. The fraction of sp³-hybridized carbons (Fsp3) is 0.438. The van der Waals surface area contributed by atoms with Gasteiger partial charge in [-0.05, 0) is 25.1 Å². The van der Waals surface area contributed by atoms with Crippen molar-refractivity contribution in [1.82, 2.24) is 10.6 Å². The molecule has 0 heterocycles. The number of amides is 2. The van der Waals surface area contributed by atoms with Gasteiger partial charge in [0.15, 0.2) is 11.5 Å². The van der Waals surface area contributed by atoms with E-state index in [1.807, 2.05) is 0 Å². The Bertz CT molecular complexity index is 572. The molecule has 0 saturated carbocycles. The van der Waals surface area contributed by atoms with Gasteiger partial charge >= 0.3 is 0 Å². The number of carbonyl (C=O) groups is 3. The van der Waals surface area contributed by atoms with Gasteiger partial charge in [-0.15, -0.1) is 0 Å². The Hall–Kier alpha value is -2.57. The van der Waals surface area contributed by atoms with Crippen LogP contribution >= 0.6 is 0 Å². The van der Waals surface area contributed by atoms with Crippen molar-refractivity contribution in [3.8, 4) is 11.5 Å². The van der Waals surface area contributed by atoms with E-state index >= 15 is 0 Å². The van der Waals surface area contributed by atoms with E-state index < -0.39 is 0 Å². The van der Waals surface area contributed by atoms with Crippen molar-refractivity contribution < 1.29 is 23.9 Å². The largest absolute Gasteiger partial charge is 0.493 e. The molecular weight excluding hydrogens is 300 g/mol. The SMILES string of the molecule is COc1ccc(C(=O)NCCNC(=O)CCC(C)=O)cc1OC. The molecule has 0 spiro atoms. The minimum absolute atomic E-state index is 0.0260. The van der Waals surface area contributed by atoms with E-state index in [9.17, 15) is 14.4 Å². The number of methoxy groups -OCH3 is 2. The molecule has 0 radical (unpaired) electrons. The van der Waals surface area contributed by atoms with E-state index in [1.54, 1.807) is 18.2 Å². The van der Waals surface area contributed by atoms with Gasteiger partial charge in [-0.2, -0.15) is 0 Å². The summed E-state index contributed by atoms with van der Waals surface area (Å²) in [6.07, 6.45) is 0.392. The van der Waals surface area contributed by atoms with Gasteiger partial charge in [-0.1, -0.05) is 0 Å². The molecule has 1 rings (SSSR count). The summed E-state index contributed by atoms with van der Waals surface area (Å²) in [5.74, 6) is 0.505. The summed E-state index contributed by atoms with van der Waals surface area (Å²) in [4.78, 5) is 34.2. The molecule has 7 nitrogen and oxygen atoms in total. The fourth-order valence-corrected chi connectivity index (χ4v) is 1.84. The summed E-state index contributed by atoms with van der Waals surface area (Å²) in [6, 6.07) is 4.86. The normalized spacial score (nSPS) is 9.87. The molecule has 0 fully saturated rings. The maximum absolute atomic E-state index is 12.0. The first kappa shape index (κ1) is 18.5. The summed E-state index contributed by atoms with van der Waals surface area (Å²) in [5, 5.41) is 5.33. The Balaban J connectivity index is 2.39. The molecule has 1 aromatic carbocycles. The van der Waals surface area contributed by atoms with Crippen molar-refractivity contribution in [2.24, 2.45) is 0 Å². The molecular formula is C16H22N2O5. The Labute approximate surface area is 135 Å². The third-order valence-corrected chi connectivity index (χ3v) is 3.08. The quantitative estimate of drug-likeness (QED) is 0.659. The van der Waals surface area contributed by atoms with Crippen molar-refractivity contribution in [3.63, 3.8) is 0 Å². The molecule has 2 N–H and O–H groups in total. The van der Waals surface area contributed by atoms with Crippen LogP contribution in [0, 0.1) is 0 Å². The predicted octanol–water partition coefficient (Wildman–Crippen LogP) is 0.919. The zero-order valence-electron chi connectivity index (χ0n) is 13.6.